The molecule has 4 aliphatic carbocycles. The molecule has 0 heterocycles. The van der Waals surface area contributed by atoms with Gasteiger partial charge in [0.2, 0.25) is 5.91 Å². The number of anilines is 1. The van der Waals surface area contributed by atoms with Crippen LogP contribution in [-0.2, 0) is 10.2 Å². The van der Waals surface area contributed by atoms with Crippen LogP contribution in [0.4, 0.5) is 5.69 Å². The highest BCUT2D eigenvalue weighted by Gasteiger charge is 2.52. The van der Waals surface area contributed by atoms with Crippen molar-refractivity contribution in [1.82, 2.24) is 0 Å². The van der Waals surface area contributed by atoms with Crippen LogP contribution in [0.15, 0.2) is 72.3 Å². The quantitative estimate of drug-likeness (QED) is 0.289. The van der Waals surface area contributed by atoms with Gasteiger partial charge in [-0.2, -0.15) is 0 Å². The predicted octanol–water partition coefficient (Wildman–Crippen LogP) is 7.80. The van der Waals surface area contributed by atoms with Crippen LogP contribution in [0, 0.1) is 17.8 Å². The van der Waals surface area contributed by atoms with E-state index in [1.807, 2.05) is 26.2 Å². The zero-order chi connectivity index (χ0) is 26.0. The van der Waals surface area contributed by atoms with E-state index in [-0.39, 0.29) is 11.7 Å². The zero-order valence-corrected chi connectivity index (χ0v) is 22.3. The number of ether oxygens (including phenoxy) is 1. The van der Waals surface area contributed by atoms with Crippen molar-refractivity contribution in [3.63, 3.8) is 0 Å². The second-order valence-corrected chi connectivity index (χ2v) is 11.6. The zero-order valence-electron chi connectivity index (χ0n) is 22.3. The van der Waals surface area contributed by atoms with Crippen LogP contribution in [0.3, 0.4) is 0 Å². The fourth-order valence-corrected chi connectivity index (χ4v) is 7.33. The Balaban J connectivity index is 1.25. The highest BCUT2D eigenvalue weighted by atomic mass is 16.5. The summed E-state index contributed by atoms with van der Waals surface area (Å²) in [5, 5.41) is 12.2. The van der Waals surface area contributed by atoms with Gasteiger partial charge in [0, 0.05) is 17.7 Å². The van der Waals surface area contributed by atoms with Gasteiger partial charge in [-0.1, -0.05) is 35.9 Å². The smallest absolute Gasteiger partial charge is 0.228 e. The molecule has 2 aromatic rings. The topological polar surface area (TPSA) is 58.6 Å². The van der Waals surface area contributed by atoms with Gasteiger partial charge in [-0.05, 0) is 123 Å². The molecule has 194 valence electrons. The number of allylic oxidation sites excluding steroid dienone is 5. The minimum absolute atomic E-state index is 0.0828. The van der Waals surface area contributed by atoms with Crippen LogP contribution in [0.2, 0.25) is 0 Å². The largest absolute Gasteiger partial charge is 0.508 e. The predicted molar refractivity (Wildman–Crippen MR) is 151 cm³/mol. The van der Waals surface area contributed by atoms with Crippen molar-refractivity contribution in [3.05, 3.63) is 83.5 Å². The molecule has 1 amide bonds. The van der Waals surface area contributed by atoms with Gasteiger partial charge < -0.3 is 15.2 Å². The van der Waals surface area contributed by atoms with Gasteiger partial charge in [0.15, 0.2) is 0 Å². The number of amides is 1. The Labute approximate surface area is 221 Å². The molecule has 37 heavy (non-hydrogen) atoms. The number of benzene rings is 2. The Hall–Kier alpha value is -3.27. The lowest BCUT2D eigenvalue weighted by Gasteiger charge is -2.57. The van der Waals surface area contributed by atoms with E-state index in [0.717, 1.165) is 29.1 Å². The first-order valence-electron chi connectivity index (χ1n) is 13.6. The molecule has 4 saturated carbocycles. The van der Waals surface area contributed by atoms with E-state index in [1.165, 1.54) is 55.2 Å². The number of rotatable bonds is 8. The van der Waals surface area contributed by atoms with Crippen LogP contribution >= 0.6 is 0 Å². The van der Waals surface area contributed by atoms with Gasteiger partial charge in [-0.3, -0.25) is 4.79 Å². The summed E-state index contributed by atoms with van der Waals surface area (Å²) in [7, 11) is 1.81. The van der Waals surface area contributed by atoms with Crippen LogP contribution in [0.1, 0.15) is 69.9 Å². The van der Waals surface area contributed by atoms with Crippen molar-refractivity contribution in [1.29, 1.82) is 0 Å². The Kier molecular flexibility index (Phi) is 7.28. The fraction of sp³-hybridized carbons (Fsp3) is 0.424. The Bertz CT molecular complexity index is 1200. The lowest BCUT2D eigenvalue weighted by molar-refractivity contribution is -0.115. The number of carbonyl (C=O) groups excluding carboxylic acids is 1. The summed E-state index contributed by atoms with van der Waals surface area (Å²) in [5.74, 6) is 3.85. The first-order valence-corrected chi connectivity index (χ1v) is 13.6. The first kappa shape index (κ1) is 25.4. The summed E-state index contributed by atoms with van der Waals surface area (Å²) in [5.41, 5.74) is 5.92. The molecule has 0 aliphatic heterocycles. The minimum Gasteiger partial charge on any atom is -0.508 e. The Morgan fingerprint density at radius 3 is 2.30 bits per heavy atom. The highest BCUT2D eigenvalue weighted by molar-refractivity contribution is 5.91. The number of hydrogen-bond donors (Lipinski definition) is 2. The van der Waals surface area contributed by atoms with Crippen molar-refractivity contribution in [2.24, 2.45) is 17.8 Å². The third-order valence-electron chi connectivity index (χ3n) is 8.73. The second-order valence-electron chi connectivity index (χ2n) is 11.6. The molecule has 2 N–H and O–H groups in total. The van der Waals surface area contributed by atoms with Crippen LogP contribution in [0.25, 0.3) is 5.57 Å². The van der Waals surface area contributed by atoms with Crippen LogP contribution < -0.4 is 10.1 Å². The van der Waals surface area contributed by atoms with Gasteiger partial charge in [0.05, 0.1) is 7.11 Å². The summed E-state index contributed by atoms with van der Waals surface area (Å²) in [6.45, 7) is 4.17. The molecule has 0 spiro atoms. The number of phenolic OH excluding ortho intramolecular Hbond substituents is 1. The van der Waals surface area contributed by atoms with Crippen molar-refractivity contribution >= 4 is 17.2 Å². The van der Waals surface area contributed by atoms with Crippen LogP contribution in [0.5, 0.6) is 11.5 Å². The Morgan fingerprint density at radius 2 is 1.68 bits per heavy atom. The average molecular weight is 498 g/mol. The first-order chi connectivity index (χ1) is 17.8. The fourth-order valence-electron chi connectivity index (χ4n) is 7.33. The lowest BCUT2D eigenvalue weighted by atomic mass is 9.48. The molecule has 4 heteroatoms. The van der Waals surface area contributed by atoms with E-state index in [0.29, 0.717) is 17.5 Å². The number of nitrogens with one attached hydrogen (secondary N) is 1. The molecular formula is C33H39NO3. The van der Waals surface area contributed by atoms with Crippen molar-refractivity contribution in [3.8, 4) is 11.5 Å². The van der Waals surface area contributed by atoms with Crippen LogP contribution in [-0.4, -0.2) is 18.1 Å². The SMILES string of the molecule is COc1ccc(C(C)=CC=CC(C)=CCC(=O)Nc2ccc(O)cc2)cc1C12CC3CC(CC(C3)C1)C2. The monoisotopic (exact) mass is 497 g/mol. The molecule has 4 bridgehead atoms. The maximum atomic E-state index is 12.2. The molecule has 0 atom stereocenters. The molecule has 2 aromatic carbocycles. The highest BCUT2D eigenvalue weighted by Crippen LogP contribution is 2.62. The number of carbonyl (C=O) groups is 1. The summed E-state index contributed by atoms with van der Waals surface area (Å²) < 4.78 is 5.89. The van der Waals surface area contributed by atoms with Crippen molar-refractivity contribution in [2.75, 3.05) is 12.4 Å². The molecule has 6 rings (SSSR count). The van der Waals surface area contributed by atoms with E-state index < -0.39 is 0 Å². The van der Waals surface area contributed by atoms with Gasteiger partial charge in [0.25, 0.3) is 0 Å². The summed E-state index contributed by atoms with van der Waals surface area (Å²) in [6, 6.07) is 13.2. The molecular weight excluding hydrogens is 458 g/mol. The summed E-state index contributed by atoms with van der Waals surface area (Å²) >= 11 is 0. The second kappa shape index (κ2) is 10.6. The third kappa shape index (κ3) is 5.69. The molecule has 4 fully saturated rings. The van der Waals surface area contributed by atoms with Gasteiger partial charge >= 0.3 is 0 Å². The number of aromatic hydroxyl groups is 1. The number of methoxy groups -OCH3 is 1. The average Bonchev–Trinajstić information content (AvgIpc) is 2.87. The molecule has 0 saturated heterocycles. The maximum absolute atomic E-state index is 12.2. The third-order valence-corrected chi connectivity index (χ3v) is 8.73. The van der Waals surface area contributed by atoms with Gasteiger partial charge in [-0.15, -0.1) is 0 Å². The van der Waals surface area contributed by atoms with E-state index in [1.54, 1.807) is 24.3 Å². The molecule has 4 nitrogen and oxygen atoms in total. The van der Waals surface area contributed by atoms with E-state index in [9.17, 15) is 9.90 Å². The molecule has 4 aliphatic rings. The van der Waals surface area contributed by atoms with E-state index in [2.05, 4.69) is 42.6 Å². The standard InChI is InChI=1S/C33H39NO3/c1-22(7-14-32(36)34-28-9-11-29(35)12-10-28)5-4-6-23(2)27-8-13-31(37-3)30(18-27)33-19-24-15-25(20-33)17-26(16-24)21-33/h4-13,18,24-26,35H,14-17,19-21H2,1-3H3,(H,34,36). The van der Waals surface area contributed by atoms with Crippen molar-refractivity contribution in [2.45, 2.75) is 64.2 Å². The maximum Gasteiger partial charge on any atom is 0.228 e. The lowest BCUT2D eigenvalue weighted by Crippen LogP contribution is -2.48. The molecule has 0 radical (unpaired) electrons. The van der Waals surface area contributed by atoms with Gasteiger partial charge in [-0.25, -0.2) is 0 Å². The number of hydrogen-bond acceptors (Lipinski definition) is 3. The van der Waals surface area contributed by atoms with Crippen molar-refractivity contribution < 1.29 is 14.6 Å². The van der Waals surface area contributed by atoms with E-state index in [4.69, 9.17) is 4.74 Å². The molecule has 0 unspecified atom stereocenters. The number of phenols is 1. The minimum atomic E-state index is -0.0828. The Morgan fingerprint density at radius 1 is 1.03 bits per heavy atom. The van der Waals surface area contributed by atoms with Gasteiger partial charge in [0.1, 0.15) is 11.5 Å². The summed E-state index contributed by atoms with van der Waals surface area (Å²) in [6.07, 6.45) is 16.8. The molecule has 0 aromatic heterocycles. The normalized spacial score (nSPS) is 27.1. The summed E-state index contributed by atoms with van der Waals surface area (Å²) in [4.78, 5) is 12.2. The van der Waals surface area contributed by atoms with E-state index >= 15 is 0 Å².